The summed E-state index contributed by atoms with van der Waals surface area (Å²) in [4.78, 5) is 0. The molecule has 0 unspecified atom stereocenters. The first kappa shape index (κ1) is 27.5. The van der Waals surface area contributed by atoms with E-state index in [1.807, 2.05) is 28.7 Å². The van der Waals surface area contributed by atoms with Crippen LogP contribution in [0.2, 0.25) is 0 Å². The van der Waals surface area contributed by atoms with E-state index in [9.17, 15) is 10.5 Å². The molecule has 0 aliphatic heterocycles. The van der Waals surface area contributed by atoms with Crippen molar-refractivity contribution in [1.82, 2.24) is 9.13 Å². The predicted octanol–water partition coefficient (Wildman–Crippen LogP) is 12.4. The summed E-state index contributed by atoms with van der Waals surface area (Å²) in [5, 5.41) is 30.5. The van der Waals surface area contributed by atoms with Crippen molar-refractivity contribution in [2.24, 2.45) is 0 Å². The van der Waals surface area contributed by atoms with Gasteiger partial charge in [-0.25, -0.2) is 0 Å². The standard InChI is InChI=1S/C44H22N4S2/c45-23-25-17-26(24-46)44(48-36-14-6-2-10-28(36)32-22-43-34(20-38(32)48)30-12-4-8-16-41(30)50-43)39(18-25)47-35-13-5-1-9-27(35)31-21-42-33(19-37(31)47)29-11-3-7-15-40(29)49-42/h1-22H. The zero-order valence-corrected chi connectivity index (χ0v) is 27.9. The maximum Gasteiger partial charge on any atom is 0.101 e. The molecule has 0 spiro atoms. The average Bonchev–Trinajstić information content (AvgIpc) is 3.90. The molecule has 4 heterocycles. The smallest absolute Gasteiger partial charge is 0.101 e. The second-order valence-electron chi connectivity index (χ2n) is 12.7. The van der Waals surface area contributed by atoms with Gasteiger partial charge in [0, 0.05) is 61.9 Å². The lowest BCUT2D eigenvalue weighted by Crippen LogP contribution is -2.07. The minimum Gasteiger partial charge on any atom is -0.307 e. The molecule has 230 valence electrons. The van der Waals surface area contributed by atoms with Crippen LogP contribution in [-0.4, -0.2) is 9.13 Å². The van der Waals surface area contributed by atoms with E-state index in [0.717, 1.165) is 55.0 Å². The quantitative estimate of drug-likeness (QED) is 0.184. The van der Waals surface area contributed by atoms with Crippen molar-refractivity contribution in [3.63, 3.8) is 0 Å². The van der Waals surface area contributed by atoms with Crippen LogP contribution in [0, 0.1) is 22.7 Å². The van der Waals surface area contributed by atoms with E-state index in [2.05, 4.69) is 143 Å². The van der Waals surface area contributed by atoms with E-state index in [1.54, 1.807) is 6.07 Å². The van der Waals surface area contributed by atoms with E-state index in [1.165, 1.54) is 40.3 Å². The van der Waals surface area contributed by atoms with Gasteiger partial charge >= 0.3 is 0 Å². The minimum absolute atomic E-state index is 0.445. The Bertz CT molecular complexity index is 3360. The fourth-order valence-electron chi connectivity index (χ4n) is 8.05. The number of hydrogen-bond acceptors (Lipinski definition) is 4. The van der Waals surface area contributed by atoms with Gasteiger partial charge in [0.2, 0.25) is 0 Å². The molecule has 4 nitrogen and oxygen atoms in total. The molecule has 0 N–H and O–H groups in total. The largest absolute Gasteiger partial charge is 0.307 e. The molecule has 6 heteroatoms. The lowest BCUT2D eigenvalue weighted by molar-refractivity contribution is 1.09. The first-order chi connectivity index (χ1) is 24.7. The third-order valence-electron chi connectivity index (χ3n) is 10.1. The van der Waals surface area contributed by atoms with Crippen LogP contribution < -0.4 is 0 Å². The third kappa shape index (κ3) is 3.61. The summed E-state index contributed by atoms with van der Waals surface area (Å²) in [5.41, 5.74) is 6.55. The molecule has 0 aliphatic carbocycles. The Balaban J connectivity index is 1.34. The summed E-state index contributed by atoms with van der Waals surface area (Å²) >= 11 is 3.62. The molecule has 11 aromatic rings. The predicted molar refractivity (Wildman–Crippen MR) is 210 cm³/mol. The summed E-state index contributed by atoms with van der Waals surface area (Å²) in [7, 11) is 0. The first-order valence-corrected chi connectivity index (χ1v) is 18.0. The first-order valence-electron chi connectivity index (χ1n) is 16.4. The number of hydrogen-bond donors (Lipinski definition) is 0. The molecule has 50 heavy (non-hydrogen) atoms. The fourth-order valence-corrected chi connectivity index (χ4v) is 10.3. The Morgan fingerprint density at radius 1 is 0.400 bits per heavy atom. The van der Waals surface area contributed by atoms with Crippen LogP contribution in [0.4, 0.5) is 0 Å². The lowest BCUT2D eigenvalue weighted by Gasteiger charge is -2.18. The van der Waals surface area contributed by atoms with E-state index < -0.39 is 0 Å². The van der Waals surface area contributed by atoms with Crippen molar-refractivity contribution in [2.45, 2.75) is 0 Å². The van der Waals surface area contributed by atoms with Crippen molar-refractivity contribution in [3.8, 4) is 23.5 Å². The van der Waals surface area contributed by atoms with Crippen LogP contribution in [0.25, 0.3) is 95.3 Å². The van der Waals surface area contributed by atoms with Crippen molar-refractivity contribution in [3.05, 3.63) is 145 Å². The SMILES string of the molecule is N#Cc1cc(C#N)c(-n2c3ccccc3c3cc4sc5ccccc5c4cc32)c(-n2c3ccccc3c3cc4sc5ccccc5c4cc32)c1. The van der Waals surface area contributed by atoms with Crippen LogP contribution in [0.3, 0.4) is 0 Å². The molecule has 0 radical (unpaired) electrons. The highest BCUT2D eigenvalue weighted by Gasteiger charge is 2.24. The Hall–Kier alpha value is -6.44. The Morgan fingerprint density at radius 2 is 0.900 bits per heavy atom. The maximum atomic E-state index is 10.9. The molecular formula is C44H22N4S2. The molecule has 0 aliphatic rings. The Labute approximate surface area is 293 Å². The van der Waals surface area contributed by atoms with Gasteiger partial charge in [-0.2, -0.15) is 10.5 Å². The number of fused-ring (bicyclic) bond motifs is 12. The zero-order chi connectivity index (χ0) is 33.1. The Morgan fingerprint density at radius 3 is 1.46 bits per heavy atom. The lowest BCUT2D eigenvalue weighted by atomic mass is 10.1. The molecule has 0 atom stereocenters. The molecule has 0 amide bonds. The van der Waals surface area contributed by atoms with Crippen LogP contribution in [0.5, 0.6) is 0 Å². The van der Waals surface area contributed by atoms with Gasteiger partial charge in [-0.15, -0.1) is 22.7 Å². The summed E-state index contributed by atoms with van der Waals surface area (Å²) in [6.07, 6.45) is 0. The summed E-state index contributed by atoms with van der Waals surface area (Å²) < 4.78 is 9.50. The third-order valence-corrected chi connectivity index (χ3v) is 12.4. The summed E-state index contributed by atoms with van der Waals surface area (Å²) in [6.45, 7) is 0. The van der Waals surface area contributed by atoms with Gasteiger partial charge in [-0.05, 0) is 60.7 Å². The number of benzene rings is 7. The van der Waals surface area contributed by atoms with Crippen LogP contribution >= 0.6 is 22.7 Å². The van der Waals surface area contributed by atoms with Gasteiger partial charge in [0.05, 0.1) is 50.6 Å². The van der Waals surface area contributed by atoms with Gasteiger partial charge in [-0.1, -0.05) is 72.8 Å². The minimum atomic E-state index is 0.445. The molecule has 0 saturated carbocycles. The number of aromatic nitrogens is 2. The van der Waals surface area contributed by atoms with E-state index >= 15 is 0 Å². The topological polar surface area (TPSA) is 57.4 Å². The van der Waals surface area contributed by atoms with E-state index in [0.29, 0.717) is 11.1 Å². The molecular weight excluding hydrogens is 649 g/mol. The fraction of sp³-hybridized carbons (Fsp3) is 0. The van der Waals surface area contributed by atoms with E-state index in [-0.39, 0.29) is 0 Å². The monoisotopic (exact) mass is 670 g/mol. The molecule has 0 bridgehead atoms. The second-order valence-corrected chi connectivity index (χ2v) is 14.9. The highest BCUT2D eigenvalue weighted by Crippen LogP contribution is 2.45. The summed E-state index contributed by atoms with van der Waals surface area (Å²) in [5.74, 6) is 0. The van der Waals surface area contributed by atoms with Crippen molar-refractivity contribution < 1.29 is 0 Å². The Kier molecular flexibility index (Phi) is 5.52. The highest BCUT2D eigenvalue weighted by atomic mass is 32.1. The highest BCUT2D eigenvalue weighted by molar-refractivity contribution is 7.26. The normalized spacial score (nSPS) is 12.0. The van der Waals surface area contributed by atoms with Crippen molar-refractivity contribution >= 4 is 107 Å². The van der Waals surface area contributed by atoms with Crippen molar-refractivity contribution in [1.29, 1.82) is 10.5 Å². The van der Waals surface area contributed by atoms with Crippen molar-refractivity contribution in [2.75, 3.05) is 0 Å². The number of para-hydroxylation sites is 2. The van der Waals surface area contributed by atoms with Gasteiger partial charge in [-0.3, -0.25) is 0 Å². The zero-order valence-electron chi connectivity index (χ0n) is 26.3. The van der Waals surface area contributed by atoms with Crippen LogP contribution in [0.1, 0.15) is 11.1 Å². The number of thiophene rings is 2. The van der Waals surface area contributed by atoms with Gasteiger partial charge < -0.3 is 9.13 Å². The second kappa shape index (κ2) is 10.0. The van der Waals surface area contributed by atoms with Crippen LogP contribution in [-0.2, 0) is 0 Å². The molecule has 0 fully saturated rings. The number of nitrogens with zero attached hydrogens (tertiary/aromatic N) is 4. The summed E-state index contributed by atoms with van der Waals surface area (Å²) in [6, 6.07) is 51.8. The molecule has 11 rings (SSSR count). The van der Waals surface area contributed by atoms with Gasteiger partial charge in [0.15, 0.2) is 0 Å². The number of nitriles is 2. The maximum absolute atomic E-state index is 10.9. The molecule has 4 aromatic heterocycles. The van der Waals surface area contributed by atoms with Crippen LogP contribution in [0.15, 0.2) is 133 Å². The van der Waals surface area contributed by atoms with E-state index in [4.69, 9.17) is 0 Å². The van der Waals surface area contributed by atoms with Gasteiger partial charge in [0.25, 0.3) is 0 Å². The number of rotatable bonds is 2. The average molecular weight is 671 g/mol. The molecule has 7 aromatic carbocycles. The molecule has 0 saturated heterocycles. The van der Waals surface area contributed by atoms with Gasteiger partial charge in [0.1, 0.15) is 6.07 Å².